The van der Waals surface area contributed by atoms with E-state index in [4.69, 9.17) is 14.5 Å². The third-order valence-electron chi connectivity index (χ3n) is 3.16. The Morgan fingerprint density at radius 3 is 2.45 bits per heavy atom. The third-order valence-corrected chi connectivity index (χ3v) is 4.23. The van der Waals surface area contributed by atoms with E-state index in [1.54, 1.807) is 25.6 Å². The molecule has 1 heterocycles. The molecule has 0 aliphatic rings. The second-order valence-corrected chi connectivity index (χ2v) is 5.59. The van der Waals surface area contributed by atoms with Crippen molar-refractivity contribution >= 4 is 21.6 Å². The molecule has 20 heavy (non-hydrogen) atoms. The first-order valence-corrected chi connectivity index (χ1v) is 7.12. The van der Waals surface area contributed by atoms with Crippen molar-refractivity contribution in [3.8, 4) is 22.1 Å². The second-order valence-electron chi connectivity index (χ2n) is 4.56. The van der Waals surface area contributed by atoms with Crippen LogP contribution >= 0.6 is 11.3 Å². The highest BCUT2D eigenvalue weighted by Gasteiger charge is 2.11. The largest absolute Gasteiger partial charge is 0.493 e. The Kier molecular flexibility index (Phi) is 3.32. The Hall–Kier alpha value is -2.07. The summed E-state index contributed by atoms with van der Waals surface area (Å²) in [6.07, 6.45) is 0. The number of rotatable bonds is 3. The van der Waals surface area contributed by atoms with Crippen molar-refractivity contribution in [1.82, 2.24) is 4.98 Å². The monoisotopic (exact) mass is 285 g/mol. The van der Waals surface area contributed by atoms with Crippen LogP contribution in [-0.2, 0) is 0 Å². The molecule has 0 aliphatic heterocycles. The van der Waals surface area contributed by atoms with E-state index in [2.05, 4.69) is 31.2 Å². The van der Waals surface area contributed by atoms with Crippen molar-refractivity contribution in [2.45, 2.75) is 6.92 Å². The number of thiazole rings is 1. The number of ether oxygens (including phenoxy) is 2. The van der Waals surface area contributed by atoms with Crippen molar-refractivity contribution in [2.24, 2.45) is 0 Å². The molecular weight excluding hydrogens is 270 g/mol. The molecule has 0 bridgehead atoms. The van der Waals surface area contributed by atoms with Crippen LogP contribution in [0.15, 0.2) is 36.4 Å². The Balaban J connectivity index is 2.15. The Bertz CT molecular complexity index is 723. The molecule has 0 N–H and O–H groups in total. The lowest BCUT2D eigenvalue weighted by molar-refractivity contribution is 0.356. The minimum atomic E-state index is 0.709. The van der Waals surface area contributed by atoms with Gasteiger partial charge in [0.25, 0.3) is 0 Å². The van der Waals surface area contributed by atoms with E-state index < -0.39 is 0 Å². The molecule has 0 saturated heterocycles. The summed E-state index contributed by atoms with van der Waals surface area (Å²) < 4.78 is 11.7. The molecule has 3 rings (SSSR count). The van der Waals surface area contributed by atoms with Crippen LogP contribution in [0.5, 0.6) is 11.5 Å². The highest BCUT2D eigenvalue weighted by Crippen LogP contribution is 2.37. The number of hydrogen-bond donors (Lipinski definition) is 0. The van der Waals surface area contributed by atoms with E-state index in [9.17, 15) is 0 Å². The SMILES string of the molecule is COc1cc2nc(-c3cccc(C)c3)sc2cc1OC. The van der Waals surface area contributed by atoms with Crippen molar-refractivity contribution in [3.63, 3.8) is 0 Å². The van der Waals surface area contributed by atoms with Gasteiger partial charge in [-0.1, -0.05) is 23.8 Å². The third kappa shape index (κ3) is 2.23. The lowest BCUT2D eigenvalue weighted by atomic mass is 10.1. The number of methoxy groups -OCH3 is 2. The topological polar surface area (TPSA) is 31.4 Å². The standard InChI is InChI=1S/C16H15NO2S/c1-10-5-4-6-11(7-10)16-17-12-8-13(18-2)14(19-3)9-15(12)20-16/h4-9H,1-3H3. The van der Waals surface area contributed by atoms with Crippen molar-refractivity contribution < 1.29 is 9.47 Å². The lowest BCUT2D eigenvalue weighted by Crippen LogP contribution is -1.89. The van der Waals surface area contributed by atoms with E-state index in [1.807, 2.05) is 12.1 Å². The maximum Gasteiger partial charge on any atom is 0.162 e. The van der Waals surface area contributed by atoms with Gasteiger partial charge in [-0.15, -0.1) is 11.3 Å². The van der Waals surface area contributed by atoms with Gasteiger partial charge in [-0.3, -0.25) is 0 Å². The molecule has 0 aliphatic carbocycles. The van der Waals surface area contributed by atoms with Gasteiger partial charge >= 0.3 is 0 Å². The van der Waals surface area contributed by atoms with Gasteiger partial charge in [-0.05, 0) is 13.0 Å². The maximum absolute atomic E-state index is 5.33. The highest BCUT2D eigenvalue weighted by molar-refractivity contribution is 7.21. The summed E-state index contributed by atoms with van der Waals surface area (Å²) in [5.74, 6) is 1.44. The van der Waals surface area contributed by atoms with Crippen LogP contribution in [0.4, 0.5) is 0 Å². The van der Waals surface area contributed by atoms with Gasteiger partial charge < -0.3 is 9.47 Å². The van der Waals surface area contributed by atoms with E-state index in [1.165, 1.54) is 5.56 Å². The van der Waals surface area contributed by atoms with Gasteiger partial charge in [-0.25, -0.2) is 4.98 Å². The Morgan fingerprint density at radius 2 is 1.75 bits per heavy atom. The molecule has 0 saturated carbocycles. The van der Waals surface area contributed by atoms with E-state index in [-0.39, 0.29) is 0 Å². The van der Waals surface area contributed by atoms with Crippen molar-refractivity contribution in [3.05, 3.63) is 42.0 Å². The van der Waals surface area contributed by atoms with Gasteiger partial charge in [-0.2, -0.15) is 0 Å². The zero-order valence-corrected chi connectivity index (χ0v) is 12.5. The molecule has 3 nitrogen and oxygen atoms in total. The average Bonchev–Trinajstić information content (AvgIpc) is 2.88. The van der Waals surface area contributed by atoms with Gasteiger partial charge in [0.1, 0.15) is 5.01 Å². The number of fused-ring (bicyclic) bond motifs is 1. The summed E-state index contributed by atoms with van der Waals surface area (Å²) in [6.45, 7) is 2.09. The normalized spacial score (nSPS) is 10.8. The first-order valence-electron chi connectivity index (χ1n) is 6.31. The quantitative estimate of drug-likeness (QED) is 0.719. The van der Waals surface area contributed by atoms with Gasteiger partial charge in [0.05, 0.1) is 24.4 Å². The fourth-order valence-corrected chi connectivity index (χ4v) is 3.13. The van der Waals surface area contributed by atoms with E-state index in [0.717, 1.165) is 26.5 Å². The maximum atomic E-state index is 5.33. The molecule has 0 unspecified atom stereocenters. The molecule has 0 spiro atoms. The smallest absolute Gasteiger partial charge is 0.162 e. The van der Waals surface area contributed by atoms with Crippen LogP contribution in [0.2, 0.25) is 0 Å². The number of hydrogen-bond acceptors (Lipinski definition) is 4. The van der Waals surface area contributed by atoms with Gasteiger partial charge in [0.2, 0.25) is 0 Å². The first kappa shape index (κ1) is 12.9. The number of aryl methyl sites for hydroxylation is 1. The lowest BCUT2D eigenvalue weighted by Gasteiger charge is -2.05. The molecule has 0 fully saturated rings. The van der Waals surface area contributed by atoms with Crippen LogP contribution in [0.1, 0.15) is 5.56 Å². The zero-order chi connectivity index (χ0) is 14.1. The van der Waals surface area contributed by atoms with E-state index in [0.29, 0.717) is 5.75 Å². The molecule has 102 valence electrons. The minimum absolute atomic E-state index is 0.709. The fourth-order valence-electron chi connectivity index (χ4n) is 2.16. The molecule has 2 aromatic carbocycles. The summed E-state index contributed by atoms with van der Waals surface area (Å²) >= 11 is 1.66. The van der Waals surface area contributed by atoms with Crippen molar-refractivity contribution in [2.75, 3.05) is 14.2 Å². The molecule has 3 aromatic rings. The van der Waals surface area contributed by atoms with Crippen LogP contribution < -0.4 is 9.47 Å². The minimum Gasteiger partial charge on any atom is -0.493 e. The average molecular weight is 285 g/mol. The number of benzene rings is 2. The van der Waals surface area contributed by atoms with Gasteiger partial charge in [0, 0.05) is 17.7 Å². The molecule has 0 atom stereocenters. The fraction of sp³-hybridized carbons (Fsp3) is 0.188. The van der Waals surface area contributed by atoms with Crippen molar-refractivity contribution in [1.29, 1.82) is 0 Å². The summed E-state index contributed by atoms with van der Waals surface area (Å²) in [5, 5.41) is 1.01. The Labute approximate surface area is 121 Å². The predicted octanol–water partition coefficient (Wildman–Crippen LogP) is 4.29. The molecular formula is C16H15NO2S. The van der Waals surface area contributed by atoms with Crippen LogP contribution in [0, 0.1) is 6.92 Å². The summed E-state index contributed by atoms with van der Waals surface area (Å²) in [7, 11) is 3.28. The second kappa shape index (κ2) is 5.13. The summed E-state index contributed by atoms with van der Waals surface area (Å²) in [4.78, 5) is 4.69. The molecule has 0 radical (unpaired) electrons. The molecule has 0 amide bonds. The number of aromatic nitrogens is 1. The van der Waals surface area contributed by atoms with Crippen LogP contribution in [0.25, 0.3) is 20.8 Å². The van der Waals surface area contributed by atoms with Crippen LogP contribution in [-0.4, -0.2) is 19.2 Å². The van der Waals surface area contributed by atoms with E-state index >= 15 is 0 Å². The summed E-state index contributed by atoms with van der Waals surface area (Å²) in [6, 6.07) is 12.3. The zero-order valence-electron chi connectivity index (χ0n) is 11.6. The Morgan fingerprint density at radius 1 is 1.00 bits per heavy atom. The first-order chi connectivity index (χ1) is 9.71. The number of nitrogens with zero attached hydrogens (tertiary/aromatic N) is 1. The molecule has 1 aromatic heterocycles. The van der Waals surface area contributed by atoms with Gasteiger partial charge in [0.15, 0.2) is 11.5 Å². The highest BCUT2D eigenvalue weighted by atomic mass is 32.1. The predicted molar refractivity (Wildman–Crippen MR) is 82.9 cm³/mol. The molecule has 4 heteroatoms. The van der Waals surface area contributed by atoms with Crippen LogP contribution in [0.3, 0.4) is 0 Å². The summed E-state index contributed by atoms with van der Waals surface area (Å²) in [5.41, 5.74) is 3.31.